The molecule has 1 saturated heterocycles. The van der Waals surface area contributed by atoms with Crippen molar-refractivity contribution in [3.63, 3.8) is 0 Å². The highest BCUT2D eigenvalue weighted by molar-refractivity contribution is 5.94. The van der Waals surface area contributed by atoms with Gasteiger partial charge in [-0.3, -0.25) is 14.5 Å². The lowest BCUT2D eigenvalue weighted by molar-refractivity contribution is -0.151. The van der Waals surface area contributed by atoms with Gasteiger partial charge in [-0.2, -0.15) is 0 Å². The average molecular weight is 346 g/mol. The molecular weight excluding hydrogens is 316 g/mol. The van der Waals surface area contributed by atoms with Crippen LogP contribution in [-0.2, 0) is 16.1 Å². The first-order valence-corrected chi connectivity index (χ1v) is 9.29. The Bertz CT molecular complexity index is 586. The van der Waals surface area contributed by atoms with Gasteiger partial charge >= 0.3 is 5.97 Å². The van der Waals surface area contributed by atoms with E-state index in [1.165, 1.54) is 0 Å². The van der Waals surface area contributed by atoms with Crippen molar-refractivity contribution in [2.45, 2.75) is 52.6 Å². The van der Waals surface area contributed by atoms with Crippen LogP contribution in [0.15, 0.2) is 24.3 Å². The number of rotatable bonds is 7. The molecule has 1 aromatic rings. The number of carbonyl (C=O) groups excluding carboxylic acids is 2. The van der Waals surface area contributed by atoms with E-state index in [0.717, 1.165) is 31.4 Å². The Kier molecular flexibility index (Phi) is 7.44. The van der Waals surface area contributed by atoms with Gasteiger partial charge in [-0.15, -0.1) is 0 Å². The van der Waals surface area contributed by atoms with Crippen molar-refractivity contribution in [2.24, 2.45) is 5.92 Å². The Balaban J connectivity index is 2.04. The number of nitrogens with one attached hydrogen (secondary N) is 1. The number of ether oxygens (including phenoxy) is 1. The van der Waals surface area contributed by atoms with Crippen LogP contribution >= 0.6 is 0 Å². The molecule has 0 saturated carbocycles. The second-order valence-electron chi connectivity index (χ2n) is 7.04. The summed E-state index contributed by atoms with van der Waals surface area (Å²) >= 11 is 0. The second-order valence-corrected chi connectivity index (χ2v) is 7.04. The molecule has 5 nitrogen and oxygen atoms in total. The molecule has 5 heteroatoms. The van der Waals surface area contributed by atoms with E-state index in [1.54, 1.807) is 0 Å². The fraction of sp³-hybridized carbons (Fsp3) is 0.600. The summed E-state index contributed by atoms with van der Waals surface area (Å²) < 4.78 is 5.22. The molecule has 1 N–H and O–H groups in total. The molecule has 0 spiro atoms. The van der Waals surface area contributed by atoms with E-state index in [1.807, 2.05) is 31.2 Å². The van der Waals surface area contributed by atoms with Crippen molar-refractivity contribution in [1.82, 2.24) is 10.2 Å². The molecule has 1 aliphatic rings. The molecule has 0 radical (unpaired) electrons. The zero-order valence-electron chi connectivity index (χ0n) is 15.6. The number of carbonyl (C=O) groups is 2. The van der Waals surface area contributed by atoms with Gasteiger partial charge in [-0.1, -0.05) is 32.4 Å². The van der Waals surface area contributed by atoms with Gasteiger partial charge in [-0.25, -0.2) is 0 Å². The summed E-state index contributed by atoms with van der Waals surface area (Å²) in [5, 5.41) is 2.95. The molecule has 1 fully saturated rings. The minimum Gasteiger partial charge on any atom is -0.465 e. The van der Waals surface area contributed by atoms with Gasteiger partial charge in [0.1, 0.15) is 6.04 Å². The molecule has 1 unspecified atom stereocenters. The Morgan fingerprint density at radius 3 is 2.84 bits per heavy atom. The van der Waals surface area contributed by atoms with Crippen molar-refractivity contribution in [1.29, 1.82) is 0 Å². The first-order chi connectivity index (χ1) is 12.0. The van der Waals surface area contributed by atoms with Crippen LogP contribution in [0.3, 0.4) is 0 Å². The fourth-order valence-corrected chi connectivity index (χ4v) is 3.13. The number of hydrogen-bond acceptors (Lipinski definition) is 4. The Morgan fingerprint density at radius 1 is 1.32 bits per heavy atom. The topological polar surface area (TPSA) is 58.6 Å². The van der Waals surface area contributed by atoms with Crippen LogP contribution in [0.2, 0.25) is 0 Å². The van der Waals surface area contributed by atoms with E-state index in [4.69, 9.17) is 4.74 Å². The Hall–Kier alpha value is -1.88. The largest absolute Gasteiger partial charge is 0.465 e. The lowest BCUT2D eigenvalue weighted by atomic mass is 10.0. The maximum atomic E-state index is 12.3. The Labute approximate surface area is 150 Å². The lowest BCUT2D eigenvalue weighted by Crippen LogP contribution is -2.45. The molecule has 1 heterocycles. The number of hydrogen-bond donors (Lipinski definition) is 1. The summed E-state index contributed by atoms with van der Waals surface area (Å²) in [4.78, 5) is 26.6. The second kappa shape index (κ2) is 9.56. The predicted octanol–water partition coefficient (Wildman–Crippen LogP) is 2.99. The summed E-state index contributed by atoms with van der Waals surface area (Å²) in [6.07, 6.45) is 2.98. The third kappa shape index (κ3) is 5.85. The van der Waals surface area contributed by atoms with Gasteiger partial charge in [0.2, 0.25) is 0 Å². The van der Waals surface area contributed by atoms with E-state index in [-0.39, 0.29) is 17.9 Å². The van der Waals surface area contributed by atoms with Gasteiger partial charge in [0, 0.05) is 18.7 Å². The minimum atomic E-state index is -0.174. The van der Waals surface area contributed by atoms with Crippen LogP contribution in [0, 0.1) is 5.92 Å². The van der Waals surface area contributed by atoms with Gasteiger partial charge in [-0.05, 0) is 49.9 Å². The number of likely N-dealkylation sites (tertiary alicyclic amines) is 1. The highest BCUT2D eigenvalue weighted by Gasteiger charge is 2.29. The number of amides is 1. The molecule has 1 amide bonds. The normalized spacial score (nSPS) is 18.2. The van der Waals surface area contributed by atoms with Crippen LogP contribution in [-0.4, -0.2) is 42.5 Å². The average Bonchev–Trinajstić information content (AvgIpc) is 2.60. The van der Waals surface area contributed by atoms with Gasteiger partial charge in [0.25, 0.3) is 5.91 Å². The van der Waals surface area contributed by atoms with Crippen LogP contribution in [0.5, 0.6) is 0 Å². The van der Waals surface area contributed by atoms with Crippen LogP contribution < -0.4 is 5.32 Å². The first kappa shape index (κ1) is 19.4. The van der Waals surface area contributed by atoms with E-state index < -0.39 is 0 Å². The van der Waals surface area contributed by atoms with Crippen molar-refractivity contribution in [3.8, 4) is 0 Å². The molecule has 0 bridgehead atoms. The van der Waals surface area contributed by atoms with Crippen LogP contribution in [0.1, 0.15) is 56.0 Å². The van der Waals surface area contributed by atoms with E-state index in [2.05, 4.69) is 24.1 Å². The summed E-state index contributed by atoms with van der Waals surface area (Å²) in [5.74, 6) is 0.245. The number of nitrogens with zero attached hydrogens (tertiary/aromatic N) is 1. The summed E-state index contributed by atoms with van der Waals surface area (Å²) in [7, 11) is 0. The first-order valence-electron chi connectivity index (χ1n) is 9.29. The zero-order valence-corrected chi connectivity index (χ0v) is 15.6. The van der Waals surface area contributed by atoms with Crippen molar-refractivity contribution >= 4 is 11.9 Å². The maximum absolute atomic E-state index is 12.3. The third-order valence-corrected chi connectivity index (χ3v) is 4.42. The fourth-order valence-electron chi connectivity index (χ4n) is 3.13. The Morgan fingerprint density at radius 2 is 2.12 bits per heavy atom. The molecule has 25 heavy (non-hydrogen) atoms. The molecule has 0 aromatic heterocycles. The number of esters is 1. The van der Waals surface area contributed by atoms with Crippen molar-refractivity contribution in [2.75, 3.05) is 19.7 Å². The lowest BCUT2D eigenvalue weighted by Gasteiger charge is -2.34. The highest BCUT2D eigenvalue weighted by atomic mass is 16.5. The van der Waals surface area contributed by atoms with Gasteiger partial charge in [0.05, 0.1) is 6.61 Å². The molecule has 1 aromatic carbocycles. The van der Waals surface area contributed by atoms with E-state index >= 15 is 0 Å². The number of benzene rings is 1. The van der Waals surface area contributed by atoms with Crippen molar-refractivity contribution < 1.29 is 14.3 Å². The summed E-state index contributed by atoms with van der Waals surface area (Å²) in [5.41, 5.74) is 1.72. The molecule has 0 aliphatic carbocycles. The van der Waals surface area contributed by atoms with Crippen LogP contribution in [0.4, 0.5) is 0 Å². The monoisotopic (exact) mass is 346 g/mol. The molecule has 138 valence electrons. The predicted molar refractivity (Wildman–Crippen MR) is 98.3 cm³/mol. The van der Waals surface area contributed by atoms with E-state index in [0.29, 0.717) is 31.2 Å². The molecular formula is C20H30N2O3. The molecule has 1 atom stereocenters. The third-order valence-electron chi connectivity index (χ3n) is 4.42. The maximum Gasteiger partial charge on any atom is 0.323 e. The minimum absolute atomic E-state index is 0.0452. The zero-order chi connectivity index (χ0) is 18.2. The quantitative estimate of drug-likeness (QED) is 0.771. The smallest absolute Gasteiger partial charge is 0.323 e. The standard InChI is InChI=1S/C20H30N2O3/c1-4-25-20(24)18-10-5-6-11-22(18)14-16-8-7-9-17(12-16)19(23)21-13-15(2)3/h7-9,12,15,18H,4-6,10-11,13-14H2,1-3H3,(H,21,23). The molecule has 1 aliphatic heterocycles. The number of piperidine rings is 1. The van der Waals surface area contributed by atoms with Crippen molar-refractivity contribution in [3.05, 3.63) is 35.4 Å². The SMILES string of the molecule is CCOC(=O)C1CCCCN1Cc1cccc(C(=O)NCC(C)C)c1. The highest BCUT2D eigenvalue weighted by Crippen LogP contribution is 2.21. The van der Waals surface area contributed by atoms with E-state index in [9.17, 15) is 9.59 Å². The van der Waals surface area contributed by atoms with Gasteiger partial charge in [0.15, 0.2) is 0 Å². The summed E-state index contributed by atoms with van der Waals surface area (Å²) in [6.45, 7) is 8.60. The summed E-state index contributed by atoms with van der Waals surface area (Å²) in [6, 6.07) is 7.50. The van der Waals surface area contributed by atoms with Gasteiger partial charge < -0.3 is 10.1 Å². The van der Waals surface area contributed by atoms with Crippen LogP contribution in [0.25, 0.3) is 0 Å². The molecule has 2 rings (SSSR count).